The van der Waals surface area contributed by atoms with Crippen LogP contribution in [0.3, 0.4) is 0 Å². The van der Waals surface area contributed by atoms with E-state index < -0.39 is 53.9 Å². The van der Waals surface area contributed by atoms with Crippen LogP contribution in [0.25, 0.3) is 0 Å². The number of aliphatic carboxylic acids is 1. The van der Waals surface area contributed by atoms with Crippen molar-refractivity contribution in [1.82, 2.24) is 5.32 Å². The van der Waals surface area contributed by atoms with Crippen molar-refractivity contribution in [2.24, 2.45) is 5.92 Å². The van der Waals surface area contributed by atoms with Gasteiger partial charge >= 0.3 is 11.9 Å². The molecule has 5 unspecified atom stereocenters. The van der Waals surface area contributed by atoms with E-state index in [2.05, 4.69) is 12.2 Å². The zero-order chi connectivity index (χ0) is 29.0. The molecule has 0 spiro atoms. The molecular weight excluding hydrogens is 504 g/mol. The van der Waals surface area contributed by atoms with Crippen LogP contribution in [-0.4, -0.2) is 72.3 Å². The molecule has 5 atom stereocenters. The van der Waals surface area contributed by atoms with Gasteiger partial charge in [0.05, 0.1) is 6.04 Å². The van der Waals surface area contributed by atoms with E-state index in [1.54, 1.807) is 0 Å². The fourth-order valence-electron chi connectivity index (χ4n) is 4.86. The fourth-order valence-corrected chi connectivity index (χ4v) is 4.86. The van der Waals surface area contributed by atoms with Gasteiger partial charge in [0.25, 0.3) is 0 Å². The predicted molar refractivity (Wildman–Crippen MR) is 149 cm³/mol. The average molecular weight is 555 g/mol. The maximum absolute atomic E-state index is 12.2. The Kier molecular flexibility index (Phi) is 18.1. The summed E-state index contributed by atoms with van der Waals surface area (Å²) in [4.78, 5) is 35.5. The second-order valence-electron chi connectivity index (χ2n) is 10.3. The van der Waals surface area contributed by atoms with E-state index >= 15 is 0 Å². The topological polar surface area (TPSA) is 155 Å². The maximum atomic E-state index is 12.2. The summed E-state index contributed by atoms with van der Waals surface area (Å²) in [5, 5.41) is 30.4. The molecule has 39 heavy (non-hydrogen) atoms. The molecule has 0 aromatic carbocycles. The third kappa shape index (κ3) is 13.9. The quantitative estimate of drug-likeness (QED) is 0.0864. The number of methoxy groups -OCH3 is 1. The third-order valence-electron chi connectivity index (χ3n) is 7.02. The Hall–Kier alpha value is -2.46. The molecule has 0 aliphatic carbocycles. The van der Waals surface area contributed by atoms with Crippen molar-refractivity contribution in [3.63, 3.8) is 0 Å². The third-order valence-corrected chi connectivity index (χ3v) is 7.02. The highest BCUT2D eigenvalue weighted by atomic mass is 16.6. The molecule has 1 aliphatic heterocycles. The van der Waals surface area contributed by atoms with E-state index in [0.29, 0.717) is 6.42 Å². The van der Waals surface area contributed by atoms with Gasteiger partial charge in [-0.2, -0.15) is 0 Å². The second-order valence-corrected chi connectivity index (χ2v) is 10.3. The van der Waals surface area contributed by atoms with Crippen LogP contribution in [-0.2, 0) is 28.6 Å². The number of esters is 1. The number of carboxylic acid groups (broad SMARTS) is 1. The van der Waals surface area contributed by atoms with E-state index in [4.69, 9.17) is 19.6 Å². The standard InChI is InChI=1S/C29H50N2O8/c1-4-5-6-7-8-9-10-11-12-13-14-15-16-17-25(34)38-20-23(33)27(37-3)28-26(31-21(2)32)22(19-30)18-24(39-28)29(35)36/h18-19,22-23,26-28,30,33H,4-17,20H2,1-3H3,(H,31,32)(H,35,36). The number of nitrogens with one attached hydrogen (secondary N) is 2. The molecule has 0 saturated carbocycles. The summed E-state index contributed by atoms with van der Waals surface area (Å²) in [7, 11) is 1.30. The average Bonchev–Trinajstić information content (AvgIpc) is 2.90. The van der Waals surface area contributed by atoms with E-state index in [-0.39, 0.29) is 13.0 Å². The molecule has 1 aliphatic rings. The molecule has 0 saturated heterocycles. The minimum atomic E-state index is -1.35. The van der Waals surface area contributed by atoms with E-state index in [0.717, 1.165) is 19.1 Å². The molecule has 0 fully saturated rings. The van der Waals surface area contributed by atoms with Crippen molar-refractivity contribution < 1.29 is 38.8 Å². The number of hydrogen-bond donors (Lipinski definition) is 4. The van der Waals surface area contributed by atoms with Gasteiger partial charge in [0, 0.05) is 32.6 Å². The highest BCUT2D eigenvalue weighted by Crippen LogP contribution is 2.27. The number of rotatable bonds is 22. The Bertz CT molecular complexity index is 772. The number of ether oxygens (including phenoxy) is 3. The maximum Gasteiger partial charge on any atom is 0.370 e. The summed E-state index contributed by atoms with van der Waals surface area (Å²) >= 11 is 0. The summed E-state index contributed by atoms with van der Waals surface area (Å²) in [5.74, 6) is -3.40. The van der Waals surface area contributed by atoms with Crippen LogP contribution in [0.1, 0.15) is 104 Å². The molecule has 10 nitrogen and oxygen atoms in total. The SMILES string of the molecule is CCCCCCCCCCCCCCCC(=O)OCC(O)C(OC)C1OC(C(=O)O)=CC(C=N)C1NC(C)=O. The predicted octanol–water partition coefficient (Wildman–Crippen LogP) is 4.52. The summed E-state index contributed by atoms with van der Waals surface area (Å²) in [6, 6.07) is -0.857. The number of carbonyl (C=O) groups excluding carboxylic acids is 2. The molecule has 224 valence electrons. The number of carboxylic acids is 1. The number of aliphatic hydroxyl groups is 1. The van der Waals surface area contributed by atoms with Gasteiger partial charge in [0.15, 0.2) is 0 Å². The largest absolute Gasteiger partial charge is 0.478 e. The first-order valence-corrected chi connectivity index (χ1v) is 14.5. The number of hydrogen-bond acceptors (Lipinski definition) is 8. The molecule has 0 bridgehead atoms. The summed E-state index contributed by atoms with van der Waals surface area (Å²) in [6.07, 6.45) is 14.6. The van der Waals surface area contributed by atoms with Crippen LogP contribution >= 0.6 is 0 Å². The van der Waals surface area contributed by atoms with Crippen molar-refractivity contribution in [3.8, 4) is 0 Å². The molecule has 10 heteroatoms. The zero-order valence-corrected chi connectivity index (χ0v) is 24.0. The number of unbranched alkanes of at least 4 members (excludes halogenated alkanes) is 12. The van der Waals surface area contributed by atoms with Crippen molar-refractivity contribution in [1.29, 1.82) is 5.41 Å². The first kappa shape index (κ1) is 34.6. The Labute approximate surface area is 233 Å². The number of aliphatic hydroxyl groups excluding tert-OH is 1. The minimum absolute atomic E-state index is 0.248. The molecule has 0 aromatic rings. The molecule has 0 aromatic heterocycles. The van der Waals surface area contributed by atoms with Crippen LogP contribution in [0.4, 0.5) is 0 Å². The molecule has 1 amide bonds. The lowest BCUT2D eigenvalue weighted by Gasteiger charge is -2.40. The lowest BCUT2D eigenvalue weighted by Crippen LogP contribution is -2.59. The van der Waals surface area contributed by atoms with Gasteiger partial charge in [0.1, 0.15) is 24.9 Å². The van der Waals surface area contributed by atoms with E-state index in [1.807, 2.05) is 0 Å². The number of amides is 1. The lowest BCUT2D eigenvalue weighted by molar-refractivity contribution is -0.159. The first-order chi connectivity index (χ1) is 18.7. The molecule has 1 heterocycles. The number of carbonyl (C=O) groups is 3. The van der Waals surface area contributed by atoms with Gasteiger partial charge in [-0.15, -0.1) is 0 Å². The van der Waals surface area contributed by atoms with Crippen LogP contribution in [0.15, 0.2) is 11.8 Å². The van der Waals surface area contributed by atoms with Crippen LogP contribution in [0.2, 0.25) is 0 Å². The molecule has 1 rings (SSSR count). The Morgan fingerprint density at radius 1 is 1.03 bits per heavy atom. The molecule has 4 N–H and O–H groups in total. The van der Waals surface area contributed by atoms with E-state index in [1.165, 1.54) is 84.3 Å². The Morgan fingerprint density at radius 2 is 1.56 bits per heavy atom. The van der Waals surface area contributed by atoms with E-state index in [9.17, 15) is 24.6 Å². The second kappa shape index (κ2) is 20.4. The van der Waals surface area contributed by atoms with Gasteiger partial charge < -0.3 is 35.1 Å². The molecular formula is C29H50N2O8. The van der Waals surface area contributed by atoms with Crippen molar-refractivity contribution in [3.05, 3.63) is 11.8 Å². The van der Waals surface area contributed by atoms with Gasteiger partial charge in [-0.3, -0.25) is 9.59 Å². The lowest BCUT2D eigenvalue weighted by atomic mass is 9.87. The first-order valence-electron chi connectivity index (χ1n) is 14.5. The van der Waals surface area contributed by atoms with Crippen molar-refractivity contribution >= 4 is 24.1 Å². The van der Waals surface area contributed by atoms with Crippen molar-refractivity contribution in [2.45, 2.75) is 128 Å². The van der Waals surface area contributed by atoms with Crippen LogP contribution < -0.4 is 5.32 Å². The zero-order valence-electron chi connectivity index (χ0n) is 24.0. The summed E-state index contributed by atoms with van der Waals surface area (Å²) < 4.78 is 16.2. The highest BCUT2D eigenvalue weighted by molar-refractivity contribution is 5.86. The summed E-state index contributed by atoms with van der Waals surface area (Å²) in [6.45, 7) is 3.15. The smallest absolute Gasteiger partial charge is 0.370 e. The Balaban J connectivity index is 2.38. The van der Waals surface area contributed by atoms with Gasteiger partial charge in [-0.25, -0.2) is 4.79 Å². The van der Waals surface area contributed by atoms with Crippen molar-refractivity contribution in [2.75, 3.05) is 13.7 Å². The van der Waals surface area contributed by atoms with Gasteiger partial charge in [0.2, 0.25) is 11.7 Å². The van der Waals surface area contributed by atoms with Gasteiger partial charge in [-0.05, 0) is 12.5 Å². The highest BCUT2D eigenvalue weighted by Gasteiger charge is 2.44. The van der Waals surface area contributed by atoms with Gasteiger partial charge in [-0.1, -0.05) is 84.0 Å². The monoisotopic (exact) mass is 554 g/mol. The fraction of sp³-hybridized carbons (Fsp3) is 0.793. The Morgan fingerprint density at radius 3 is 2.03 bits per heavy atom. The van der Waals surface area contributed by atoms with Crippen LogP contribution in [0.5, 0.6) is 0 Å². The van der Waals surface area contributed by atoms with Crippen LogP contribution in [0, 0.1) is 11.3 Å². The minimum Gasteiger partial charge on any atom is -0.478 e. The molecule has 0 radical (unpaired) electrons. The normalized spacial score (nSPS) is 20.3. The summed E-state index contributed by atoms with van der Waals surface area (Å²) in [5.41, 5.74) is 0.